The van der Waals surface area contributed by atoms with Crippen molar-refractivity contribution in [1.29, 1.82) is 0 Å². The number of benzene rings is 1. The number of hydrogen-bond donors (Lipinski definition) is 1. The van der Waals surface area contributed by atoms with Gasteiger partial charge in [0.1, 0.15) is 11.6 Å². The predicted molar refractivity (Wildman–Crippen MR) is 49.9 cm³/mol. The minimum atomic E-state index is -0.744. The Morgan fingerprint density at radius 2 is 2.07 bits per heavy atom. The van der Waals surface area contributed by atoms with Gasteiger partial charge in [-0.2, -0.15) is 0 Å². The van der Waals surface area contributed by atoms with Crippen molar-refractivity contribution in [3.8, 4) is 0 Å². The van der Waals surface area contributed by atoms with Gasteiger partial charge in [0, 0.05) is 12.0 Å². The molecule has 14 heavy (non-hydrogen) atoms. The van der Waals surface area contributed by atoms with Crippen LogP contribution in [-0.4, -0.2) is 6.61 Å². The van der Waals surface area contributed by atoms with Crippen LogP contribution in [0.15, 0.2) is 6.07 Å². The van der Waals surface area contributed by atoms with E-state index in [1.54, 1.807) is 0 Å². The molecular weight excluding hydrogens is 212 g/mol. The van der Waals surface area contributed by atoms with Crippen LogP contribution in [0.3, 0.4) is 0 Å². The summed E-state index contributed by atoms with van der Waals surface area (Å²) in [6, 6.07) is 1.25. The molecule has 0 radical (unpaired) electrons. The molecule has 1 aromatic rings. The lowest BCUT2D eigenvalue weighted by Gasteiger charge is -2.07. The van der Waals surface area contributed by atoms with Gasteiger partial charge in [-0.25, -0.2) is 14.7 Å². The second-order valence-corrected chi connectivity index (χ2v) is 3.31. The van der Waals surface area contributed by atoms with Gasteiger partial charge >= 0.3 is 0 Å². The van der Waals surface area contributed by atoms with Crippen LogP contribution in [0.5, 0.6) is 0 Å². The Kier molecular flexibility index (Phi) is 3.80. The fourth-order valence-corrected chi connectivity index (χ4v) is 1.45. The molecule has 0 saturated heterocycles. The van der Waals surface area contributed by atoms with Crippen molar-refractivity contribution < 1.29 is 13.6 Å². The molecule has 0 aliphatic heterocycles. The van der Waals surface area contributed by atoms with Crippen LogP contribution in [0.25, 0.3) is 0 Å². The Morgan fingerprint density at radius 3 is 2.64 bits per heavy atom. The summed E-state index contributed by atoms with van der Waals surface area (Å²) < 4.78 is 26.7. The minimum Gasteiger partial charge on any atom is -0.304 e. The molecule has 0 heterocycles. The third kappa shape index (κ3) is 2.20. The van der Waals surface area contributed by atoms with E-state index in [1.165, 1.54) is 13.0 Å². The maximum absolute atomic E-state index is 13.4. The molecule has 1 aromatic carbocycles. The summed E-state index contributed by atoms with van der Waals surface area (Å²) in [7, 11) is 0. The van der Waals surface area contributed by atoms with Crippen LogP contribution in [0.4, 0.5) is 8.78 Å². The lowest BCUT2D eigenvalue weighted by atomic mass is 10.1. The second kappa shape index (κ2) is 4.68. The first kappa shape index (κ1) is 11.4. The van der Waals surface area contributed by atoms with E-state index in [2.05, 4.69) is 4.84 Å². The highest BCUT2D eigenvalue weighted by Gasteiger charge is 2.14. The first-order valence-corrected chi connectivity index (χ1v) is 4.40. The van der Waals surface area contributed by atoms with E-state index in [0.717, 1.165) is 0 Å². The SMILES string of the molecule is Cc1cc(Cl)c(F)c(CCON)c1F. The lowest BCUT2D eigenvalue weighted by molar-refractivity contribution is 0.140. The van der Waals surface area contributed by atoms with E-state index >= 15 is 0 Å². The fraction of sp³-hybridized carbons (Fsp3) is 0.333. The van der Waals surface area contributed by atoms with Gasteiger partial charge in [-0.05, 0) is 18.6 Å². The Labute approximate surface area is 85.6 Å². The van der Waals surface area contributed by atoms with E-state index in [9.17, 15) is 8.78 Å². The largest absolute Gasteiger partial charge is 0.304 e. The van der Waals surface area contributed by atoms with E-state index in [1.807, 2.05) is 0 Å². The molecule has 0 amide bonds. The van der Waals surface area contributed by atoms with E-state index < -0.39 is 11.6 Å². The Morgan fingerprint density at radius 1 is 1.43 bits per heavy atom. The van der Waals surface area contributed by atoms with Crippen LogP contribution in [0.2, 0.25) is 5.02 Å². The molecule has 2 nitrogen and oxygen atoms in total. The molecule has 2 N–H and O–H groups in total. The summed E-state index contributed by atoms with van der Waals surface area (Å²) in [5, 5.41) is -0.0871. The van der Waals surface area contributed by atoms with E-state index in [0.29, 0.717) is 5.56 Å². The van der Waals surface area contributed by atoms with Gasteiger partial charge in [0.15, 0.2) is 0 Å². The average molecular weight is 222 g/mol. The lowest BCUT2D eigenvalue weighted by Crippen LogP contribution is -2.08. The van der Waals surface area contributed by atoms with Crippen molar-refractivity contribution >= 4 is 11.6 Å². The van der Waals surface area contributed by atoms with Crippen molar-refractivity contribution in [2.75, 3.05) is 6.61 Å². The Bertz CT molecular complexity index is 318. The molecule has 1 rings (SSSR count). The van der Waals surface area contributed by atoms with Crippen molar-refractivity contribution in [3.63, 3.8) is 0 Å². The monoisotopic (exact) mass is 221 g/mol. The summed E-state index contributed by atoms with van der Waals surface area (Å²) in [6.07, 6.45) is 0.0650. The quantitative estimate of drug-likeness (QED) is 0.628. The minimum absolute atomic E-state index is 0.0492. The Balaban J connectivity index is 3.11. The highest BCUT2D eigenvalue weighted by Crippen LogP contribution is 2.24. The van der Waals surface area contributed by atoms with Gasteiger partial charge < -0.3 is 4.84 Å². The molecule has 78 valence electrons. The number of rotatable bonds is 3. The maximum Gasteiger partial charge on any atom is 0.147 e. The van der Waals surface area contributed by atoms with Crippen molar-refractivity contribution in [2.24, 2.45) is 5.90 Å². The van der Waals surface area contributed by atoms with Crippen molar-refractivity contribution in [3.05, 3.63) is 33.9 Å². The molecule has 0 atom stereocenters. The molecule has 5 heteroatoms. The van der Waals surface area contributed by atoms with Crippen LogP contribution < -0.4 is 5.90 Å². The average Bonchev–Trinajstić information content (AvgIpc) is 2.15. The van der Waals surface area contributed by atoms with E-state index in [4.69, 9.17) is 17.5 Å². The molecule has 0 fully saturated rings. The molecule has 0 aliphatic rings. The summed E-state index contributed by atoms with van der Waals surface area (Å²) >= 11 is 5.56. The van der Waals surface area contributed by atoms with Crippen LogP contribution in [-0.2, 0) is 11.3 Å². The molecule has 0 aromatic heterocycles. The van der Waals surface area contributed by atoms with Gasteiger partial charge in [0.25, 0.3) is 0 Å². The highest BCUT2D eigenvalue weighted by molar-refractivity contribution is 6.30. The first-order valence-electron chi connectivity index (χ1n) is 4.02. The number of aryl methyl sites for hydroxylation is 1. The fourth-order valence-electron chi connectivity index (χ4n) is 1.18. The van der Waals surface area contributed by atoms with Crippen LogP contribution in [0.1, 0.15) is 11.1 Å². The second-order valence-electron chi connectivity index (χ2n) is 2.90. The zero-order chi connectivity index (χ0) is 10.7. The first-order chi connectivity index (χ1) is 6.57. The van der Waals surface area contributed by atoms with Gasteiger partial charge in [0.05, 0.1) is 11.6 Å². The summed E-state index contributed by atoms with van der Waals surface area (Å²) in [4.78, 5) is 4.26. The maximum atomic E-state index is 13.4. The predicted octanol–water partition coefficient (Wildman–Crippen LogP) is 2.36. The van der Waals surface area contributed by atoms with Gasteiger partial charge in [-0.3, -0.25) is 0 Å². The molecule has 0 spiro atoms. The number of halogens is 3. The molecule has 0 bridgehead atoms. The van der Waals surface area contributed by atoms with Crippen LogP contribution >= 0.6 is 11.6 Å². The Hall–Kier alpha value is -0.710. The van der Waals surface area contributed by atoms with Gasteiger partial charge in [-0.15, -0.1) is 0 Å². The third-order valence-electron chi connectivity index (χ3n) is 1.90. The molecular formula is C9H10ClF2NO. The summed E-state index contributed by atoms with van der Waals surface area (Å²) in [5.74, 6) is 3.44. The van der Waals surface area contributed by atoms with Crippen molar-refractivity contribution in [2.45, 2.75) is 13.3 Å². The number of nitrogens with two attached hydrogens (primary N) is 1. The zero-order valence-electron chi connectivity index (χ0n) is 7.61. The topological polar surface area (TPSA) is 35.2 Å². The normalized spacial score (nSPS) is 10.6. The summed E-state index contributed by atoms with van der Waals surface area (Å²) in [6.45, 7) is 1.57. The smallest absolute Gasteiger partial charge is 0.147 e. The standard InChI is InChI=1S/C9H10ClF2NO/c1-5-4-7(10)9(12)6(8(5)11)2-3-14-13/h4H,2-3,13H2,1H3. The number of hydrogen-bond acceptors (Lipinski definition) is 2. The molecule has 0 aliphatic carbocycles. The molecule has 0 saturated carbocycles. The zero-order valence-corrected chi connectivity index (χ0v) is 8.37. The van der Waals surface area contributed by atoms with Gasteiger partial charge in [-0.1, -0.05) is 11.6 Å². The highest BCUT2D eigenvalue weighted by atomic mass is 35.5. The van der Waals surface area contributed by atoms with Gasteiger partial charge in [0.2, 0.25) is 0 Å². The van der Waals surface area contributed by atoms with Crippen LogP contribution in [0, 0.1) is 18.6 Å². The molecule has 0 unspecified atom stereocenters. The van der Waals surface area contributed by atoms with E-state index in [-0.39, 0.29) is 23.6 Å². The third-order valence-corrected chi connectivity index (χ3v) is 2.17. The summed E-state index contributed by atoms with van der Waals surface area (Å²) in [5.41, 5.74) is 0.226. The van der Waals surface area contributed by atoms with Crippen molar-refractivity contribution in [1.82, 2.24) is 0 Å².